The third-order valence-electron chi connectivity index (χ3n) is 5.10. The Morgan fingerprint density at radius 2 is 1.96 bits per heavy atom. The number of rotatable bonds is 5. The maximum atomic E-state index is 12.4. The summed E-state index contributed by atoms with van der Waals surface area (Å²) >= 11 is 0. The number of carbonyl (C=O) groups excluding carboxylic acids is 2. The van der Waals surface area contributed by atoms with Crippen molar-refractivity contribution >= 4 is 11.7 Å². The number of ketones is 1. The summed E-state index contributed by atoms with van der Waals surface area (Å²) in [5, 5.41) is 6.64. The van der Waals surface area contributed by atoms with E-state index in [-0.39, 0.29) is 17.7 Å². The number of nitrogens with one attached hydrogen (secondary N) is 2. The van der Waals surface area contributed by atoms with E-state index in [1.165, 1.54) is 19.5 Å². The van der Waals surface area contributed by atoms with E-state index in [9.17, 15) is 9.59 Å². The summed E-state index contributed by atoms with van der Waals surface area (Å²) in [5.74, 6) is 0.811. The van der Waals surface area contributed by atoms with Crippen LogP contribution >= 0.6 is 0 Å². The summed E-state index contributed by atoms with van der Waals surface area (Å²) in [6.07, 6.45) is 4.89. The van der Waals surface area contributed by atoms with E-state index in [0.29, 0.717) is 34.8 Å². The van der Waals surface area contributed by atoms with Crippen molar-refractivity contribution in [2.75, 3.05) is 0 Å². The maximum Gasteiger partial charge on any atom is 0.251 e. The first kappa shape index (κ1) is 16.7. The predicted octanol–water partition coefficient (Wildman–Crippen LogP) is 2.70. The van der Waals surface area contributed by atoms with Crippen molar-refractivity contribution in [2.24, 2.45) is 0 Å². The monoisotopic (exact) mass is 351 g/mol. The van der Waals surface area contributed by atoms with E-state index in [1.807, 2.05) is 0 Å². The number of hydrogen-bond donors (Lipinski definition) is 2. The third kappa shape index (κ3) is 3.46. The van der Waals surface area contributed by atoms with Crippen LogP contribution in [0.5, 0.6) is 11.6 Å². The van der Waals surface area contributed by atoms with Gasteiger partial charge in [0.25, 0.3) is 5.91 Å². The lowest BCUT2D eigenvalue weighted by molar-refractivity contribution is 0.0930. The Labute approximate surface area is 152 Å². The van der Waals surface area contributed by atoms with Crippen LogP contribution in [0, 0.1) is 0 Å². The van der Waals surface area contributed by atoms with Gasteiger partial charge in [-0.1, -0.05) is 0 Å². The van der Waals surface area contributed by atoms with Crippen LogP contribution in [0.4, 0.5) is 0 Å². The molecule has 134 valence electrons. The molecule has 0 radical (unpaired) electrons. The van der Waals surface area contributed by atoms with Gasteiger partial charge in [0.2, 0.25) is 5.88 Å². The fraction of sp³-hybridized carbons (Fsp3) is 0.350. The van der Waals surface area contributed by atoms with Gasteiger partial charge in [0, 0.05) is 41.5 Å². The lowest BCUT2D eigenvalue weighted by atomic mass is 9.95. The molecule has 0 saturated carbocycles. The molecule has 3 atom stereocenters. The molecule has 2 fully saturated rings. The summed E-state index contributed by atoms with van der Waals surface area (Å²) in [6, 6.07) is 11.4. The number of nitrogens with zero attached hydrogens (tertiary/aromatic N) is 1. The number of hydrogen-bond acceptors (Lipinski definition) is 5. The number of aromatic nitrogens is 1. The molecule has 6 nitrogen and oxygen atoms in total. The third-order valence-corrected chi connectivity index (χ3v) is 5.10. The minimum absolute atomic E-state index is 0.0422. The Balaban J connectivity index is 1.39. The van der Waals surface area contributed by atoms with Crippen LogP contribution < -0.4 is 15.4 Å². The largest absolute Gasteiger partial charge is 0.439 e. The van der Waals surface area contributed by atoms with Gasteiger partial charge < -0.3 is 15.4 Å². The van der Waals surface area contributed by atoms with Gasteiger partial charge in [-0.05, 0) is 56.5 Å². The Bertz CT molecular complexity index is 834. The van der Waals surface area contributed by atoms with Crippen molar-refractivity contribution in [2.45, 2.75) is 44.3 Å². The molecule has 2 bridgehead atoms. The molecule has 1 aromatic carbocycles. The van der Waals surface area contributed by atoms with E-state index in [0.717, 1.165) is 12.8 Å². The molecule has 1 amide bonds. The van der Waals surface area contributed by atoms with E-state index in [2.05, 4.69) is 15.6 Å². The summed E-state index contributed by atoms with van der Waals surface area (Å²) in [6.45, 7) is 1.50. The molecular weight excluding hydrogens is 330 g/mol. The number of ether oxygens (including phenoxy) is 1. The Morgan fingerprint density at radius 1 is 1.15 bits per heavy atom. The van der Waals surface area contributed by atoms with Crippen LogP contribution in [0.25, 0.3) is 0 Å². The van der Waals surface area contributed by atoms with Gasteiger partial charge in [-0.2, -0.15) is 0 Å². The Kier molecular flexibility index (Phi) is 4.42. The molecule has 26 heavy (non-hydrogen) atoms. The topological polar surface area (TPSA) is 80.3 Å². The highest BCUT2D eigenvalue weighted by atomic mass is 16.5. The van der Waals surface area contributed by atoms with Crippen LogP contribution in [0.3, 0.4) is 0 Å². The normalized spacial score (nSPS) is 23.7. The van der Waals surface area contributed by atoms with Crippen LogP contribution in [0.2, 0.25) is 0 Å². The zero-order valence-corrected chi connectivity index (χ0v) is 14.6. The molecule has 2 N–H and O–H groups in total. The quantitative estimate of drug-likeness (QED) is 0.810. The predicted molar refractivity (Wildman–Crippen MR) is 96.6 cm³/mol. The minimum atomic E-state index is -0.0624. The summed E-state index contributed by atoms with van der Waals surface area (Å²) < 4.78 is 5.67. The van der Waals surface area contributed by atoms with Crippen molar-refractivity contribution in [3.05, 3.63) is 53.7 Å². The SMILES string of the molecule is CC(=O)c1ccnc(Oc2ccc(C(=O)N[C@@H]3C[C@H]4CC[C@@H]3N4)cc2)c1. The van der Waals surface area contributed by atoms with E-state index in [1.54, 1.807) is 36.4 Å². The molecular formula is C20H21N3O3. The lowest BCUT2D eigenvalue weighted by Gasteiger charge is -2.21. The van der Waals surface area contributed by atoms with Crippen molar-refractivity contribution in [3.8, 4) is 11.6 Å². The van der Waals surface area contributed by atoms with Crippen LogP contribution in [0.15, 0.2) is 42.6 Å². The summed E-state index contributed by atoms with van der Waals surface area (Å²) in [7, 11) is 0. The first-order valence-corrected chi connectivity index (χ1v) is 8.90. The molecule has 2 saturated heterocycles. The number of carbonyl (C=O) groups is 2. The summed E-state index contributed by atoms with van der Waals surface area (Å²) in [5.41, 5.74) is 1.15. The lowest BCUT2D eigenvalue weighted by Crippen LogP contribution is -2.42. The van der Waals surface area contributed by atoms with Crippen molar-refractivity contribution in [3.63, 3.8) is 0 Å². The Morgan fingerprint density at radius 3 is 2.62 bits per heavy atom. The van der Waals surface area contributed by atoms with E-state index >= 15 is 0 Å². The van der Waals surface area contributed by atoms with Crippen LogP contribution in [0.1, 0.15) is 46.9 Å². The maximum absolute atomic E-state index is 12.4. The highest BCUT2D eigenvalue weighted by molar-refractivity contribution is 5.95. The second-order valence-electron chi connectivity index (χ2n) is 6.93. The van der Waals surface area contributed by atoms with Gasteiger partial charge in [0.15, 0.2) is 5.78 Å². The zero-order valence-electron chi connectivity index (χ0n) is 14.6. The van der Waals surface area contributed by atoms with E-state index < -0.39 is 0 Å². The average molecular weight is 351 g/mol. The average Bonchev–Trinajstić information content (AvgIpc) is 3.25. The second kappa shape index (κ2) is 6.88. The highest BCUT2D eigenvalue weighted by Crippen LogP contribution is 2.28. The number of Topliss-reactive ketones (excluding diaryl/α,β-unsaturated/α-hetero) is 1. The number of pyridine rings is 1. The van der Waals surface area contributed by atoms with Gasteiger partial charge in [-0.25, -0.2) is 4.98 Å². The zero-order chi connectivity index (χ0) is 18.1. The smallest absolute Gasteiger partial charge is 0.251 e. The van der Waals surface area contributed by atoms with Gasteiger partial charge in [-0.3, -0.25) is 9.59 Å². The molecule has 6 heteroatoms. The first-order valence-electron chi connectivity index (χ1n) is 8.90. The minimum Gasteiger partial charge on any atom is -0.439 e. The first-order chi connectivity index (χ1) is 12.6. The van der Waals surface area contributed by atoms with Gasteiger partial charge in [0.1, 0.15) is 5.75 Å². The molecule has 4 rings (SSSR count). The number of benzene rings is 1. The molecule has 0 aliphatic carbocycles. The van der Waals surface area contributed by atoms with Gasteiger partial charge in [-0.15, -0.1) is 0 Å². The fourth-order valence-corrected chi connectivity index (χ4v) is 3.71. The fourth-order valence-electron chi connectivity index (χ4n) is 3.71. The highest BCUT2D eigenvalue weighted by Gasteiger charge is 2.39. The van der Waals surface area contributed by atoms with Gasteiger partial charge >= 0.3 is 0 Å². The molecule has 2 aromatic rings. The molecule has 3 heterocycles. The van der Waals surface area contributed by atoms with Crippen molar-refractivity contribution < 1.29 is 14.3 Å². The second-order valence-corrected chi connectivity index (χ2v) is 6.93. The molecule has 1 aromatic heterocycles. The molecule has 2 aliphatic heterocycles. The van der Waals surface area contributed by atoms with Gasteiger partial charge in [0.05, 0.1) is 0 Å². The van der Waals surface area contributed by atoms with Crippen molar-refractivity contribution in [1.82, 2.24) is 15.6 Å². The number of amides is 1. The number of fused-ring (bicyclic) bond motifs is 2. The van der Waals surface area contributed by atoms with Crippen LogP contribution in [-0.2, 0) is 0 Å². The molecule has 0 spiro atoms. The standard InChI is InChI=1S/C20H21N3O3/c1-12(24)14-8-9-21-19(10-14)26-16-5-2-13(3-6-16)20(25)23-18-11-15-4-7-17(18)22-15/h2-3,5-6,8-10,15,17-18,22H,4,7,11H2,1H3,(H,23,25)/t15-,17+,18-/m1/s1. The van der Waals surface area contributed by atoms with Crippen molar-refractivity contribution in [1.29, 1.82) is 0 Å². The van der Waals surface area contributed by atoms with E-state index in [4.69, 9.17) is 4.74 Å². The molecule has 2 aliphatic rings. The Hall–Kier alpha value is -2.73. The molecule has 0 unspecified atom stereocenters. The summed E-state index contributed by atoms with van der Waals surface area (Å²) in [4.78, 5) is 28.0. The van der Waals surface area contributed by atoms with Crippen LogP contribution in [-0.4, -0.2) is 34.8 Å².